The first kappa shape index (κ1) is 18.8. The monoisotopic (exact) mass is 362 g/mol. The quantitative estimate of drug-likeness (QED) is 0.792. The summed E-state index contributed by atoms with van der Waals surface area (Å²) < 4.78 is 32.1. The van der Waals surface area contributed by atoms with Gasteiger partial charge in [0.1, 0.15) is 11.5 Å². The first-order chi connectivity index (χ1) is 11.7. The van der Waals surface area contributed by atoms with Gasteiger partial charge in [0, 0.05) is 11.4 Å². The van der Waals surface area contributed by atoms with Gasteiger partial charge in [0.15, 0.2) is 0 Å². The van der Waals surface area contributed by atoms with E-state index in [1.54, 1.807) is 36.4 Å². The number of carbonyl (C=O) groups excluding carboxylic acids is 1. The predicted molar refractivity (Wildman–Crippen MR) is 99.4 cm³/mol. The molecule has 0 aromatic heterocycles. The lowest BCUT2D eigenvalue weighted by molar-refractivity contribution is -0.113. The lowest BCUT2D eigenvalue weighted by Crippen LogP contribution is -2.27. The van der Waals surface area contributed by atoms with Crippen LogP contribution in [0, 0.1) is 6.92 Å². The maximum absolute atomic E-state index is 12.1. The summed E-state index contributed by atoms with van der Waals surface area (Å²) in [5.74, 6) is -0.614. The molecule has 0 spiro atoms. The second-order valence-corrected chi connectivity index (χ2v) is 7.69. The molecule has 0 fully saturated rings. The summed E-state index contributed by atoms with van der Waals surface area (Å²) in [4.78, 5) is 11.9. The Labute approximate surface area is 148 Å². The standard InChI is InChI=1S/C18H22N2O4S/c1-13(2)24-17-10-8-16(9-11-17)20-25(22,23)12-18(21)19-15-6-4-14(3)5-7-15/h4-11,13,20H,12H2,1-3H3,(H,19,21). The highest BCUT2D eigenvalue weighted by atomic mass is 32.2. The molecule has 0 aliphatic carbocycles. The molecule has 134 valence electrons. The van der Waals surface area contributed by atoms with Gasteiger partial charge in [-0.1, -0.05) is 17.7 Å². The molecule has 0 saturated carbocycles. The van der Waals surface area contributed by atoms with Gasteiger partial charge in [0.2, 0.25) is 15.9 Å². The number of benzene rings is 2. The molecule has 2 rings (SSSR count). The molecule has 0 aliphatic rings. The summed E-state index contributed by atoms with van der Waals surface area (Å²) in [7, 11) is -3.80. The van der Waals surface area contributed by atoms with E-state index in [-0.39, 0.29) is 6.10 Å². The summed E-state index contributed by atoms with van der Waals surface area (Å²) in [5.41, 5.74) is 1.98. The Morgan fingerprint density at radius 3 is 2.12 bits per heavy atom. The second-order valence-electron chi connectivity index (χ2n) is 5.97. The van der Waals surface area contributed by atoms with Gasteiger partial charge in [-0.25, -0.2) is 8.42 Å². The van der Waals surface area contributed by atoms with Crippen LogP contribution in [0.4, 0.5) is 11.4 Å². The van der Waals surface area contributed by atoms with E-state index in [0.717, 1.165) is 5.56 Å². The molecule has 25 heavy (non-hydrogen) atoms. The number of aryl methyl sites for hydroxylation is 1. The average Bonchev–Trinajstić information content (AvgIpc) is 2.50. The van der Waals surface area contributed by atoms with Crippen LogP contribution in [0.15, 0.2) is 48.5 Å². The fourth-order valence-corrected chi connectivity index (χ4v) is 3.08. The van der Waals surface area contributed by atoms with Crippen LogP contribution in [-0.2, 0) is 14.8 Å². The van der Waals surface area contributed by atoms with Crippen LogP contribution >= 0.6 is 0 Å². The molecule has 0 aliphatic heterocycles. The number of nitrogens with one attached hydrogen (secondary N) is 2. The maximum Gasteiger partial charge on any atom is 0.241 e. The number of carbonyl (C=O) groups is 1. The molecule has 2 aromatic rings. The Balaban J connectivity index is 1.94. The van der Waals surface area contributed by atoms with E-state index in [4.69, 9.17) is 4.74 Å². The smallest absolute Gasteiger partial charge is 0.241 e. The van der Waals surface area contributed by atoms with Crippen LogP contribution in [0.1, 0.15) is 19.4 Å². The molecule has 2 aromatic carbocycles. The van der Waals surface area contributed by atoms with Crippen LogP contribution in [0.3, 0.4) is 0 Å². The highest BCUT2D eigenvalue weighted by Crippen LogP contribution is 2.18. The lowest BCUT2D eigenvalue weighted by Gasteiger charge is -2.11. The second kappa shape index (κ2) is 8.02. The summed E-state index contributed by atoms with van der Waals surface area (Å²) in [5, 5.41) is 2.56. The molecule has 0 heterocycles. The largest absolute Gasteiger partial charge is 0.491 e. The van der Waals surface area contributed by atoms with Crippen molar-refractivity contribution < 1.29 is 17.9 Å². The molecule has 0 saturated heterocycles. The van der Waals surface area contributed by atoms with E-state index in [2.05, 4.69) is 10.0 Å². The Hall–Kier alpha value is -2.54. The lowest BCUT2D eigenvalue weighted by atomic mass is 10.2. The summed E-state index contributed by atoms with van der Waals surface area (Å²) in [6.07, 6.45) is 0.0352. The van der Waals surface area contributed by atoms with Crippen molar-refractivity contribution in [2.75, 3.05) is 15.8 Å². The predicted octanol–water partition coefficient (Wildman–Crippen LogP) is 3.16. The average molecular weight is 362 g/mol. The zero-order chi connectivity index (χ0) is 18.4. The minimum Gasteiger partial charge on any atom is -0.491 e. The van der Waals surface area contributed by atoms with E-state index in [1.807, 2.05) is 32.9 Å². The van der Waals surface area contributed by atoms with Gasteiger partial charge in [0.05, 0.1) is 6.10 Å². The minimum absolute atomic E-state index is 0.0352. The van der Waals surface area contributed by atoms with Gasteiger partial charge in [-0.05, 0) is 57.2 Å². The Kier molecular flexibility index (Phi) is 6.03. The molecule has 1 amide bonds. The van der Waals surface area contributed by atoms with Crippen LogP contribution in [0.5, 0.6) is 5.75 Å². The number of anilines is 2. The molecule has 0 radical (unpaired) electrons. The van der Waals surface area contributed by atoms with Crippen molar-refractivity contribution in [1.82, 2.24) is 0 Å². The third kappa shape index (κ3) is 6.46. The van der Waals surface area contributed by atoms with Crippen LogP contribution < -0.4 is 14.8 Å². The van der Waals surface area contributed by atoms with Gasteiger partial charge in [-0.2, -0.15) is 0 Å². The van der Waals surface area contributed by atoms with Crippen LogP contribution in [0.25, 0.3) is 0 Å². The molecule has 7 heteroatoms. The number of rotatable bonds is 7. The van der Waals surface area contributed by atoms with E-state index in [9.17, 15) is 13.2 Å². The van der Waals surface area contributed by atoms with E-state index < -0.39 is 21.7 Å². The molecule has 2 N–H and O–H groups in total. The van der Waals surface area contributed by atoms with Crippen molar-refractivity contribution in [3.63, 3.8) is 0 Å². The van der Waals surface area contributed by atoms with Gasteiger partial charge < -0.3 is 10.1 Å². The van der Waals surface area contributed by atoms with Crippen molar-refractivity contribution in [3.8, 4) is 5.75 Å². The number of ether oxygens (including phenoxy) is 1. The minimum atomic E-state index is -3.80. The van der Waals surface area contributed by atoms with Crippen molar-refractivity contribution >= 4 is 27.3 Å². The van der Waals surface area contributed by atoms with E-state index >= 15 is 0 Å². The Morgan fingerprint density at radius 2 is 1.56 bits per heavy atom. The zero-order valence-corrected chi connectivity index (χ0v) is 15.3. The van der Waals surface area contributed by atoms with E-state index in [0.29, 0.717) is 17.1 Å². The highest BCUT2D eigenvalue weighted by molar-refractivity contribution is 7.93. The van der Waals surface area contributed by atoms with Gasteiger partial charge in [0.25, 0.3) is 0 Å². The Bertz CT molecular complexity index is 813. The number of sulfonamides is 1. The molecule has 0 unspecified atom stereocenters. The topological polar surface area (TPSA) is 84.5 Å². The molecule has 0 bridgehead atoms. The van der Waals surface area contributed by atoms with Crippen molar-refractivity contribution in [3.05, 3.63) is 54.1 Å². The first-order valence-corrected chi connectivity index (χ1v) is 9.52. The molecule has 6 nitrogen and oxygen atoms in total. The summed E-state index contributed by atoms with van der Waals surface area (Å²) in [6, 6.07) is 13.6. The van der Waals surface area contributed by atoms with Crippen LogP contribution in [0.2, 0.25) is 0 Å². The highest BCUT2D eigenvalue weighted by Gasteiger charge is 2.17. The fraction of sp³-hybridized carbons (Fsp3) is 0.278. The number of hydrogen-bond acceptors (Lipinski definition) is 4. The summed E-state index contributed by atoms with van der Waals surface area (Å²) in [6.45, 7) is 5.74. The first-order valence-electron chi connectivity index (χ1n) is 7.87. The van der Waals surface area contributed by atoms with Crippen molar-refractivity contribution in [2.45, 2.75) is 26.9 Å². The third-order valence-corrected chi connectivity index (χ3v) is 4.34. The van der Waals surface area contributed by atoms with Gasteiger partial charge in [-0.15, -0.1) is 0 Å². The van der Waals surface area contributed by atoms with Crippen molar-refractivity contribution in [1.29, 1.82) is 0 Å². The van der Waals surface area contributed by atoms with E-state index in [1.165, 1.54) is 0 Å². The third-order valence-electron chi connectivity index (χ3n) is 3.16. The fourth-order valence-electron chi connectivity index (χ4n) is 2.10. The van der Waals surface area contributed by atoms with Gasteiger partial charge in [-0.3, -0.25) is 9.52 Å². The molecular weight excluding hydrogens is 340 g/mol. The van der Waals surface area contributed by atoms with Gasteiger partial charge >= 0.3 is 0 Å². The SMILES string of the molecule is Cc1ccc(NC(=O)CS(=O)(=O)Nc2ccc(OC(C)C)cc2)cc1. The number of amides is 1. The Morgan fingerprint density at radius 1 is 1.00 bits per heavy atom. The maximum atomic E-state index is 12.1. The van der Waals surface area contributed by atoms with Crippen LogP contribution in [-0.4, -0.2) is 26.2 Å². The van der Waals surface area contributed by atoms with Crippen molar-refractivity contribution in [2.24, 2.45) is 0 Å². The normalized spacial score (nSPS) is 11.2. The zero-order valence-electron chi connectivity index (χ0n) is 14.4. The molecule has 0 atom stereocenters. The summed E-state index contributed by atoms with van der Waals surface area (Å²) >= 11 is 0. The number of hydrogen-bond donors (Lipinski definition) is 2. The molecular formula is C18H22N2O4S.